The number of aliphatic hydroxyl groups is 1. The minimum Gasteiger partial charge on any atom is -0.486 e. The molecule has 1 atom stereocenters. The molecule has 0 aliphatic rings. The molecule has 0 saturated heterocycles. The number of aliphatic hydroxyl groups excluding tert-OH is 1. The van der Waals surface area contributed by atoms with E-state index < -0.39 is 0 Å². The number of carbonyl (C=O) groups excluding carboxylic acids is 1. The summed E-state index contributed by atoms with van der Waals surface area (Å²) < 4.78 is 6.88. The molecular formula is C23H24BrClN2O3S. The molecule has 0 aliphatic carbocycles. The third-order valence-electron chi connectivity index (χ3n) is 4.93. The number of hydrogen-bond acceptors (Lipinski definition) is 5. The van der Waals surface area contributed by atoms with Crippen molar-refractivity contribution in [1.82, 2.24) is 9.88 Å². The molecule has 0 bridgehead atoms. The minimum absolute atomic E-state index is 0.0318. The molecule has 3 rings (SSSR count). The van der Waals surface area contributed by atoms with E-state index in [1.165, 1.54) is 11.3 Å². The van der Waals surface area contributed by atoms with Gasteiger partial charge in [0.1, 0.15) is 17.4 Å². The average Bonchev–Trinajstić information content (AvgIpc) is 3.24. The predicted molar refractivity (Wildman–Crippen MR) is 128 cm³/mol. The Kier molecular flexibility index (Phi) is 8.49. The molecule has 1 N–H and O–H groups in total. The van der Waals surface area contributed by atoms with Gasteiger partial charge in [0, 0.05) is 38.6 Å². The van der Waals surface area contributed by atoms with Crippen LogP contribution in [0.15, 0.2) is 52.3 Å². The van der Waals surface area contributed by atoms with Gasteiger partial charge in [0.05, 0.1) is 12.3 Å². The van der Waals surface area contributed by atoms with Crippen molar-refractivity contribution < 1.29 is 14.6 Å². The summed E-state index contributed by atoms with van der Waals surface area (Å²) in [6.45, 7) is 4.65. The third kappa shape index (κ3) is 6.29. The van der Waals surface area contributed by atoms with Gasteiger partial charge in [-0.1, -0.05) is 40.5 Å². The van der Waals surface area contributed by atoms with E-state index in [0.717, 1.165) is 21.5 Å². The molecule has 0 saturated carbocycles. The van der Waals surface area contributed by atoms with Gasteiger partial charge in [-0.3, -0.25) is 4.79 Å². The number of ether oxygens (including phenoxy) is 1. The van der Waals surface area contributed by atoms with Crippen LogP contribution >= 0.6 is 38.9 Å². The fourth-order valence-electron chi connectivity index (χ4n) is 3.06. The highest BCUT2D eigenvalue weighted by Gasteiger charge is 2.23. The van der Waals surface area contributed by atoms with Crippen LogP contribution in [0.25, 0.3) is 0 Å². The molecule has 0 fully saturated rings. The normalized spacial score (nSPS) is 11.9. The fourth-order valence-corrected chi connectivity index (χ4v) is 4.35. The number of nitrogens with zero attached hydrogens (tertiary/aromatic N) is 2. The Bertz CT molecular complexity index is 1040. The number of amides is 1. The smallest absolute Gasteiger partial charge is 0.254 e. The Labute approximate surface area is 199 Å². The summed E-state index contributed by atoms with van der Waals surface area (Å²) in [4.78, 5) is 19.5. The number of rotatable bonds is 9. The zero-order valence-corrected chi connectivity index (χ0v) is 20.5. The topological polar surface area (TPSA) is 62.7 Å². The van der Waals surface area contributed by atoms with Crippen LogP contribution in [0.3, 0.4) is 0 Å². The van der Waals surface area contributed by atoms with E-state index in [1.54, 1.807) is 6.07 Å². The van der Waals surface area contributed by atoms with Gasteiger partial charge in [-0.2, -0.15) is 0 Å². The molecule has 2 aromatic carbocycles. The van der Waals surface area contributed by atoms with Gasteiger partial charge in [0.25, 0.3) is 5.91 Å². The molecule has 164 valence electrons. The largest absolute Gasteiger partial charge is 0.486 e. The van der Waals surface area contributed by atoms with Crippen molar-refractivity contribution >= 4 is 44.8 Å². The van der Waals surface area contributed by atoms with Crippen molar-refractivity contribution in [2.45, 2.75) is 46.1 Å². The van der Waals surface area contributed by atoms with Crippen LogP contribution in [-0.2, 0) is 19.8 Å². The van der Waals surface area contributed by atoms with Crippen LogP contribution in [0.4, 0.5) is 0 Å². The van der Waals surface area contributed by atoms with Gasteiger partial charge < -0.3 is 14.7 Å². The van der Waals surface area contributed by atoms with Crippen molar-refractivity contribution in [3.8, 4) is 5.75 Å². The zero-order chi connectivity index (χ0) is 22.4. The Hall–Kier alpha value is -1.93. The highest BCUT2D eigenvalue weighted by molar-refractivity contribution is 9.10. The highest BCUT2D eigenvalue weighted by Crippen LogP contribution is 2.28. The van der Waals surface area contributed by atoms with Crippen LogP contribution in [0.5, 0.6) is 5.75 Å². The van der Waals surface area contributed by atoms with E-state index in [0.29, 0.717) is 28.6 Å². The summed E-state index contributed by atoms with van der Waals surface area (Å²) >= 11 is 11.1. The number of thiazole rings is 1. The predicted octanol–water partition coefficient (Wildman–Crippen LogP) is 6.07. The lowest BCUT2D eigenvalue weighted by Crippen LogP contribution is -2.37. The van der Waals surface area contributed by atoms with E-state index in [-0.39, 0.29) is 25.2 Å². The molecule has 0 spiro atoms. The molecule has 1 aromatic heterocycles. The first-order valence-electron chi connectivity index (χ1n) is 9.93. The molecule has 8 heteroatoms. The maximum Gasteiger partial charge on any atom is 0.254 e. The fraction of sp³-hybridized carbons (Fsp3) is 0.304. The molecule has 0 radical (unpaired) electrons. The first-order chi connectivity index (χ1) is 14.9. The van der Waals surface area contributed by atoms with E-state index in [1.807, 2.05) is 53.6 Å². The van der Waals surface area contributed by atoms with Crippen molar-refractivity contribution in [2.24, 2.45) is 0 Å². The lowest BCUT2D eigenvalue weighted by atomic mass is 10.1. The summed E-state index contributed by atoms with van der Waals surface area (Å²) in [7, 11) is 0. The lowest BCUT2D eigenvalue weighted by molar-refractivity contribution is 0.0669. The van der Waals surface area contributed by atoms with Crippen LogP contribution in [-0.4, -0.2) is 26.9 Å². The molecule has 1 amide bonds. The summed E-state index contributed by atoms with van der Waals surface area (Å²) in [6, 6.07) is 12.9. The van der Waals surface area contributed by atoms with E-state index in [9.17, 15) is 9.90 Å². The van der Waals surface area contributed by atoms with Crippen LogP contribution < -0.4 is 4.74 Å². The van der Waals surface area contributed by atoms with Crippen LogP contribution in [0.2, 0.25) is 5.02 Å². The summed E-state index contributed by atoms with van der Waals surface area (Å²) in [5.41, 5.74) is 2.08. The molecule has 3 aromatic rings. The average molecular weight is 524 g/mol. The van der Waals surface area contributed by atoms with Crippen molar-refractivity contribution in [3.63, 3.8) is 0 Å². The number of aromatic nitrogens is 1. The van der Waals surface area contributed by atoms with Gasteiger partial charge in [-0.15, -0.1) is 11.3 Å². The van der Waals surface area contributed by atoms with Crippen LogP contribution in [0, 0.1) is 0 Å². The molecule has 1 heterocycles. The quantitative estimate of drug-likeness (QED) is 0.370. The van der Waals surface area contributed by atoms with Crippen molar-refractivity contribution in [3.05, 3.63) is 79.2 Å². The molecule has 0 unspecified atom stereocenters. The number of hydrogen-bond donors (Lipinski definition) is 1. The maximum atomic E-state index is 13.3. The van der Waals surface area contributed by atoms with Gasteiger partial charge in [-0.05, 0) is 49.7 Å². The van der Waals surface area contributed by atoms with E-state index >= 15 is 0 Å². The van der Waals surface area contributed by atoms with Crippen LogP contribution in [0.1, 0.15) is 46.9 Å². The number of halogens is 2. The molecule has 5 nitrogen and oxygen atoms in total. The first kappa shape index (κ1) is 23.7. The summed E-state index contributed by atoms with van der Waals surface area (Å²) in [5.74, 6) is 0.606. The maximum absolute atomic E-state index is 13.3. The highest BCUT2D eigenvalue weighted by atomic mass is 79.9. The number of carbonyl (C=O) groups is 1. The zero-order valence-electron chi connectivity index (χ0n) is 17.3. The van der Waals surface area contributed by atoms with Crippen molar-refractivity contribution in [2.75, 3.05) is 0 Å². The second-order valence-electron chi connectivity index (χ2n) is 7.13. The lowest BCUT2D eigenvalue weighted by Gasteiger charge is -2.29. The molecular weight excluding hydrogens is 500 g/mol. The molecule has 0 aliphatic heterocycles. The van der Waals surface area contributed by atoms with E-state index in [2.05, 4.69) is 27.8 Å². The van der Waals surface area contributed by atoms with Crippen molar-refractivity contribution in [1.29, 1.82) is 0 Å². The van der Waals surface area contributed by atoms with E-state index in [4.69, 9.17) is 16.3 Å². The monoisotopic (exact) mass is 522 g/mol. The Morgan fingerprint density at radius 1 is 1.32 bits per heavy atom. The second kappa shape index (κ2) is 11.1. The standard InChI is InChI=1S/C23H24BrClN2O3S/c1-3-15(2)27(23(29)16-5-4-6-18(24)9-16)11-17-10-19(25)7-8-21(17)30-13-22-26-20(12-28)14-31-22/h4-10,14-15,28H,3,11-13H2,1-2H3/t15-/m0/s1. The first-order valence-corrected chi connectivity index (χ1v) is 12.0. The van der Waals surface area contributed by atoms with Gasteiger partial charge >= 0.3 is 0 Å². The van der Waals surface area contributed by atoms with Gasteiger partial charge in [0.2, 0.25) is 0 Å². The summed E-state index contributed by atoms with van der Waals surface area (Å²) in [6.07, 6.45) is 0.819. The Morgan fingerprint density at radius 3 is 2.81 bits per heavy atom. The number of benzene rings is 2. The SMILES string of the molecule is CC[C@H](C)N(Cc1cc(Cl)ccc1OCc1nc(CO)cs1)C(=O)c1cccc(Br)c1. The Morgan fingerprint density at radius 2 is 2.13 bits per heavy atom. The Balaban J connectivity index is 1.84. The molecule has 31 heavy (non-hydrogen) atoms. The minimum atomic E-state index is -0.0930. The third-order valence-corrected chi connectivity index (χ3v) is 6.53. The van der Waals surface area contributed by atoms with Gasteiger partial charge in [0.15, 0.2) is 0 Å². The second-order valence-corrected chi connectivity index (χ2v) is 9.43. The summed E-state index contributed by atoms with van der Waals surface area (Å²) in [5, 5.41) is 12.4. The van der Waals surface area contributed by atoms with Gasteiger partial charge in [-0.25, -0.2) is 4.98 Å².